The fourth-order valence-corrected chi connectivity index (χ4v) is 3.06. The SMILES string of the molecule is CCCOc1ccc(/C=C2\SC(=S)N(CC(=O)O)C2=O)cc1. The quantitative estimate of drug-likeness (QED) is 0.636. The first kappa shape index (κ1) is 16.5. The maximum absolute atomic E-state index is 12.1. The molecule has 1 heterocycles. The van der Waals surface area contributed by atoms with E-state index in [1.807, 2.05) is 31.2 Å². The number of thioether (sulfide) groups is 1. The highest BCUT2D eigenvalue weighted by Crippen LogP contribution is 2.32. The van der Waals surface area contributed by atoms with Crippen LogP contribution in [0.2, 0.25) is 0 Å². The summed E-state index contributed by atoms with van der Waals surface area (Å²) in [6, 6.07) is 7.35. The fraction of sp³-hybridized carbons (Fsp3) is 0.267. The minimum Gasteiger partial charge on any atom is -0.494 e. The van der Waals surface area contributed by atoms with Crippen molar-refractivity contribution < 1.29 is 19.4 Å². The molecule has 1 aromatic rings. The number of thiocarbonyl (C=S) groups is 1. The number of ether oxygens (including phenoxy) is 1. The zero-order valence-corrected chi connectivity index (χ0v) is 13.6. The van der Waals surface area contributed by atoms with Gasteiger partial charge in [-0.15, -0.1) is 0 Å². The van der Waals surface area contributed by atoms with Gasteiger partial charge >= 0.3 is 5.97 Å². The number of nitrogens with zero attached hydrogens (tertiary/aromatic N) is 1. The van der Waals surface area contributed by atoms with E-state index in [9.17, 15) is 9.59 Å². The van der Waals surface area contributed by atoms with Crippen molar-refractivity contribution in [2.24, 2.45) is 0 Å². The fourth-order valence-electron chi connectivity index (χ4n) is 1.80. The Morgan fingerprint density at radius 2 is 2.09 bits per heavy atom. The van der Waals surface area contributed by atoms with E-state index in [1.54, 1.807) is 6.08 Å². The molecular weight excluding hydrogens is 322 g/mol. The second kappa shape index (κ2) is 7.42. The van der Waals surface area contributed by atoms with Gasteiger partial charge in [-0.1, -0.05) is 43.0 Å². The van der Waals surface area contributed by atoms with Gasteiger partial charge < -0.3 is 9.84 Å². The zero-order chi connectivity index (χ0) is 16.1. The molecule has 0 aliphatic carbocycles. The summed E-state index contributed by atoms with van der Waals surface area (Å²) < 4.78 is 5.76. The van der Waals surface area contributed by atoms with Crippen LogP contribution < -0.4 is 4.74 Å². The van der Waals surface area contributed by atoms with E-state index in [-0.39, 0.29) is 10.2 Å². The Hall–Kier alpha value is -1.86. The Balaban J connectivity index is 2.11. The number of hydrogen-bond donors (Lipinski definition) is 1. The van der Waals surface area contributed by atoms with Crippen LogP contribution in [0.4, 0.5) is 0 Å². The van der Waals surface area contributed by atoms with Crippen LogP contribution in [0.5, 0.6) is 5.75 Å². The van der Waals surface area contributed by atoms with Crippen molar-refractivity contribution in [1.29, 1.82) is 0 Å². The van der Waals surface area contributed by atoms with E-state index < -0.39 is 12.5 Å². The van der Waals surface area contributed by atoms with E-state index >= 15 is 0 Å². The van der Waals surface area contributed by atoms with Crippen molar-refractivity contribution in [2.75, 3.05) is 13.2 Å². The molecule has 0 bridgehead atoms. The summed E-state index contributed by atoms with van der Waals surface area (Å²) in [4.78, 5) is 24.4. The van der Waals surface area contributed by atoms with Gasteiger partial charge in [-0.3, -0.25) is 14.5 Å². The number of carboxylic acids is 1. The van der Waals surface area contributed by atoms with E-state index in [4.69, 9.17) is 22.1 Å². The summed E-state index contributed by atoms with van der Waals surface area (Å²) in [5, 5.41) is 8.79. The second-order valence-electron chi connectivity index (χ2n) is 4.58. The van der Waals surface area contributed by atoms with Crippen molar-refractivity contribution >= 4 is 46.3 Å². The van der Waals surface area contributed by atoms with Gasteiger partial charge in [-0.25, -0.2) is 0 Å². The maximum Gasteiger partial charge on any atom is 0.323 e. The lowest BCUT2D eigenvalue weighted by Gasteiger charge is -2.10. The Kier molecular flexibility index (Phi) is 5.57. The molecule has 1 fully saturated rings. The van der Waals surface area contributed by atoms with E-state index in [2.05, 4.69) is 0 Å². The molecule has 2 rings (SSSR count). The first-order valence-electron chi connectivity index (χ1n) is 6.71. The molecule has 0 atom stereocenters. The monoisotopic (exact) mass is 337 g/mol. The highest BCUT2D eigenvalue weighted by atomic mass is 32.2. The first-order valence-corrected chi connectivity index (χ1v) is 7.93. The lowest BCUT2D eigenvalue weighted by Crippen LogP contribution is -2.33. The number of rotatable bonds is 6. The smallest absolute Gasteiger partial charge is 0.323 e. The molecule has 0 saturated carbocycles. The van der Waals surface area contributed by atoms with Crippen LogP contribution in [0.3, 0.4) is 0 Å². The predicted octanol–water partition coefficient (Wildman–Crippen LogP) is 2.76. The number of benzene rings is 1. The summed E-state index contributed by atoms with van der Waals surface area (Å²) in [6.45, 7) is 2.28. The number of hydrogen-bond acceptors (Lipinski definition) is 5. The van der Waals surface area contributed by atoms with E-state index in [1.165, 1.54) is 0 Å². The van der Waals surface area contributed by atoms with Crippen LogP contribution in [-0.4, -0.2) is 39.4 Å². The van der Waals surface area contributed by atoms with Gasteiger partial charge in [0.25, 0.3) is 5.91 Å². The van der Waals surface area contributed by atoms with E-state index in [0.29, 0.717) is 11.5 Å². The molecule has 22 heavy (non-hydrogen) atoms. The van der Waals surface area contributed by atoms with Crippen molar-refractivity contribution in [1.82, 2.24) is 4.90 Å². The van der Waals surface area contributed by atoms with Crippen molar-refractivity contribution in [3.05, 3.63) is 34.7 Å². The van der Waals surface area contributed by atoms with Gasteiger partial charge in [-0.05, 0) is 30.2 Å². The molecule has 1 aliphatic heterocycles. The van der Waals surface area contributed by atoms with Gasteiger partial charge in [-0.2, -0.15) is 0 Å². The summed E-state index contributed by atoms with van der Waals surface area (Å²) in [6.07, 6.45) is 2.64. The van der Waals surface area contributed by atoms with Crippen LogP contribution >= 0.6 is 24.0 Å². The molecule has 1 aliphatic rings. The van der Waals surface area contributed by atoms with Gasteiger partial charge in [0.05, 0.1) is 11.5 Å². The predicted molar refractivity (Wildman–Crippen MR) is 89.7 cm³/mol. The third kappa shape index (κ3) is 4.08. The molecule has 1 N–H and O–H groups in total. The maximum atomic E-state index is 12.1. The second-order valence-corrected chi connectivity index (χ2v) is 6.25. The lowest BCUT2D eigenvalue weighted by atomic mass is 10.2. The highest BCUT2D eigenvalue weighted by molar-refractivity contribution is 8.26. The van der Waals surface area contributed by atoms with Crippen LogP contribution in [0.1, 0.15) is 18.9 Å². The van der Waals surface area contributed by atoms with Crippen LogP contribution in [-0.2, 0) is 9.59 Å². The van der Waals surface area contributed by atoms with Gasteiger partial charge in [0, 0.05) is 0 Å². The van der Waals surface area contributed by atoms with Gasteiger partial charge in [0.2, 0.25) is 0 Å². The first-order chi connectivity index (χ1) is 10.5. The highest BCUT2D eigenvalue weighted by Gasteiger charge is 2.33. The molecule has 1 aromatic carbocycles. The van der Waals surface area contributed by atoms with Crippen LogP contribution in [0.15, 0.2) is 29.2 Å². The number of carbonyl (C=O) groups excluding carboxylic acids is 1. The molecule has 0 unspecified atom stereocenters. The molecule has 1 saturated heterocycles. The molecule has 116 valence electrons. The number of carboxylic acid groups (broad SMARTS) is 1. The topological polar surface area (TPSA) is 66.8 Å². The normalized spacial score (nSPS) is 16.4. The van der Waals surface area contributed by atoms with Crippen LogP contribution in [0.25, 0.3) is 6.08 Å². The number of amides is 1. The Morgan fingerprint density at radius 1 is 1.41 bits per heavy atom. The van der Waals surface area contributed by atoms with Crippen molar-refractivity contribution in [3.63, 3.8) is 0 Å². The number of carbonyl (C=O) groups is 2. The van der Waals surface area contributed by atoms with E-state index in [0.717, 1.165) is 34.4 Å². The Bertz CT molecular complexity index is 625. The Labute approximate surface area is 137 Å². The summed E-state index contributed by atoms with van der Waals surface area (Å²) >= 11 is 6.15. The van der Waals surface area contributed by atoms with Crippen molar-refractivity contribution in [2.45, 2.75) is 13.3 Å². The van der Waals surface area contributed by atoms with Crippen LogP contribution in [0, 0.1) is 0 Å². The lowest BCUT2D eigenvalue weighted by molar-refractivity contribution is -0.140. The van der Waals surface area contributed by atoms with Crippen molar-refractivity contribution in [3.8, 4) is 5.75 Å². The minimum absolute atomic E-state index is 0.265. The van der Waals surface area contributed by atoms with Gasteiger partial charge in [0.1, 0.15) is 16.6 Å². The molecule has 1 amide bonds. The number of aliphatic carboxylic acids is 1. The third-order valence-corrected chi connectivity index (χ3v) is 4.20. The molecule has 5 nitrogen and oxygen atoms in total. The van der Waals surface area contributed by atoms with Gasteiger partial charge in [0.15, 0.2) is 0 Å². The summed E-state index contributed by atoms with van der Waals surface area (Å²) in [7, 11) is 0. The largest absolute Gasteiger partial charge is 0.494 e. The summed E-state index contributed by atoms with van der Waals surface area (Å²) in [5.74, 6) is -0.684. The molecular formula is C15H15NO4S2. The zero-order valence-electron chi connectivity index (χ0n) is 11.9. The third-order valence-electron chi connectivity index (χ3n) is 2.82. The average Bonchev–Trinajstić information content (AvgIpc) is 2.74. The Morgan fingerprint density at radius 3 is 2.68 bits per heavy atom. The molecule has 0 radical (unpaired) electrons. The molecule has 7 heteroatoms. The molecule has 0 spiro atoms. The minimum atomic E-state index is -1.09. The average molecular weight is 337 g/mol. The summed E-state index contributed by atoms with van der Waals surface area (Å²) in [5.41, 5.74) is 0.833. The molecule has 0 aromatic heterocycles. The standard InChI is InChI=1S/C15H15NO4S2/c1-2-7-20-11-5-3-10(4-6-11)8-12-14(19)16(9-13(17)18)15(21)22-12/h3-6,8H,2,7,9H2,1H3,(H,17,18)/b12-8-.